The predicted molar refractivity (Wildman–Crippen MR) is 96.9 cm³/mol. The van der Waals surface area contributed by atoms with Crippen LogP contribution < -0.4 is 5.32 Å². The van der Waals surface area contributed by atoms with E-state index in [9.17, 15) is 9.59 Å². The van der Waals surface area contributed by atoms with Crippen LogP contribution in [0.3, 0.4) is 0 Å². The highest BCUT2D eigenvalue weighted by atomic mass is 16.5. The third-order valence-corrected chi connectivity index (χ3v) is 3.91. The third-order valence-electron chi connectivity index (χ3n) is 3.91. The highest BCUT2D eigenvalue weighted by Gasteiger charge is 2.20. The van der Waals surface area contributed by atoms with Crippen molar-refractivity contribution in [3.63, 3.8) is 0 Å². The van der Waals surface area contributed by atoms with E-state index in [1.54, 1.807) is 13.2 Å². The van der Waals surface area contributed by atoms with Gasteiger partial charge in [0.15, 0.2) is 5.82 Å². The number of amides is 2. The number of fused-ring (bicyclic) bond motifs is 1. The summed E-state index contributed by atoms with van der Waals surface area (Å²) in [5.41, 5.74) is 0.549. The van der Waals surface area contributed by atoms with E-state index in [0.29, 0.717) is 24.5 Å². The number of benzene rings is 2. The zero-order valence-corrected chi connectivity index (χ0v) is 14.3. The van der Waals surface area contributed by atoms with E-state index in [-0.39, 0.29) is 18.4 Å². The van der Waals surface area contributed by atoms with E-state index in [1.807, 2.05) is 36.4 Å². The number of hydrogen-bond donors (Lipinski definition) is 1. The Hall–Kier alpha value is -3.19. The van der Waals surface area contributed by atoms with Crippen LogP contribution in [0.5, 0.6) is 0 Å². The summed E-state index contributed by atoms with van der Waals surface area (Å²) >= 11 is 0. The summed E-state index contributed by atoms with van der Waals surface area (Å²) in [6.07, 6.45) is 1.36. The Morgan fingerprint density at radius 1 is 1.15 bits per heavy atom. The Labute approximate surface area is 150 Å². The van der Waals surface area contributed by atoms with E-state index < -0.39 is 0 Å². The predicted octanol–water partition coefficient (Wildman–Crippen LogP) is 2.56. The third kappa shape index (κ3) is 4.07. The first-order valence-electron chi connectivity index (χ1n) is 8.15. The van der Waals surface area contributed by atoms with Crippen molar-refractivity contribution < 1.29 is 18.8 Å². The Bertz CT molecular complexity index is 887. The Kier molecular flexibility index (Phi) is 5.60. The standard InChI is InChI=1S/C19H19N3O4/c1-25-12-10-22(13-18(23)20-17-9-11-26-21-17)19(24)16-8-4-6-14-5-2-3-7-15(14)16/h2-9,11H,10,12-13H2,1H3,(H,20,21,23). The van der Waals surface area contributed by atoms with Gasteiger partial charge in [0.2, 0.25) is 5.91 Å². The fraction of sp³-hybridized carbons (Fsp3) is 0.211. The lowest BCUT2D eigenvalue weighted by Crippen LogP contribution is -2.40. The van der Waals surface area contributed by atoms with Gasteiger partial charge in [0, 0.05) is 25.3 Å². The Morgan fingerprint density at radius 3 is 2.73 bits per heavy atom. The molecular weight excluding hydrogens is 334 g/mol. The summed E-state index contributed by atoms with van der Waals surface area (Å²) in [6, 6.07) is 14.7. The first-order valence-corrected chi connectivity index (χ1v) is 8.15. The average molecular weight is 353 g/mol. The number of nitrogens with one attached hydrogen (secondary N) is 1. The monoisotopic (exact) mass is 353 g/mol. The molecule has 0 saturated carbocycles. The number of anilines is 1. The molecule has 0 aliphatic heterocycles. The average Bonchev–Trinajstić information content (AvgIpc) is 3.17. The lowest BCUT2D eigenvalue weighted by Gasteiger charge is -2.22. The second-order valence-corrected chi connectivity index (χ2v) is 5.68. The van der Waals surface area contributed by atoms with Gasteiger partial charge < -0.3 is 19.5 Å². The van der Waals surface area contributed by atoms with Crippen LogP contribution in [-0.2, 0) is 9.53 Å². The van der Waals surface area contributed by atoms with Crippen molar-refractivity contribution in [2.75, 3.05) is 32.1 Å². The van der Waals surface area contributed by atoms with E-state index in [2.05, 4.69) is 15.0 Å². The molecule has 0 saturated heterocycles. The van der Waals surface area contributed by atoms with Gasteiger partial charge in [-0.25, -0.2) is 0 Å². The normalized spacial score (nSPS) is 10.7. The highest BCUT2D eigenvalue weighted by molar-refractivity contribution is 6.08. The van der Waals surface area contributed by atoms with Crippen molar-refractivity contribution in [2.45, 2.75) is 0 Å². The van der Waals surface area contributed by atoms with Crippen LogP contribution in [-0.4, -0.2) is 48.7 Å². The smallest absolute Gasteiger partial charge is 0.255 e. The van der Waals surface area contributed by atoms with Gasteiger partial charge in [0.05, 0.1) is 6.61 Å². The van der Waals surface area contributed by atoms with Crippen LogP contribution in [0.2, 0.25) is 0 Å². The van der Waals surface area contributed by atoms with Crippen LogP contribution in [0.4, 0.5) is 5.82 Å². The zero-order valence-electron chi connectivity index (χ0n) is 14.3. The molecule has 0 atom stereocenters. The molecule has 7 nitrogen and oxygen atoms in total. The number of methoxy groups -OCH3 is 1. The molecular formula is C19H19N3O4. The van der Waals surface area contributed by atoms with Gasteiger partial charge in [-0.2, -0.15) is 0 Å². The Morgan fingerprint density at radius 2 is 1.96 bits per heavy atom. The van der Waals surface area contributed by atoms with Crippen LogP contribution in [0.1, 0.15) is 10.4 Å². The number of nitrogens with zero attached hydrogens (tertiary/aromatic N) is 2. The van der Waals surface area contributed by atoms with E-state index >= 15 is 0 Å². The van der Waals surface area contributed by atoms with Crippen LogP contribution in [0, 0.1) is 0 Å². The first kappa shape index (κ1) is 17.6. The maximum Gasteiger partial charge on any atom is 0.255 e. The van der Waals surface area contributed by atoms with Gasteiger partial charge in [0.1, 0.15) is 12.8 Å². The van der Waals surface area contributed by atoms with Crippen LogP contribution in [0.15, 0.2) is 59.3 Å². The molecule has 0 bridgehead atoms. The van der Waals surface area contributed by atoms with Crippen LogP contribution >= 0.6 is 0 Å². The summed E-state index contributed by atoms with van der Waals surface area (Å²) in [6.45, 7) is 0.511. The summed E-state index contributed by atoms with van der Waals surface area (Å²) in [5.74, 6) is -0.281. The number of hydrogen-bond acceptors (Lipinski definition) is 5. The molecule has 1 heterocycles. The molecule has 3 aromatic rings. The SMILES string of the molecule is COCCN(CC(=O)Nc1ccon1)C(=O)c1cccc2ccccc12. The summed E-state index contributed by atoms with van der Waals surface area (Å²) in [4.78, 5) is 26.8. The minimum Gasteiger partial charge on any atom is -0.383 e. The Balaban J connectivity index is 1.81. The summed E-state index contributed by atoms with van der Waals surface area (Å²) < 4.78 is 9.77. The fourth-order valence-corrected chi connectivity index (χ4v) is 2.67. The molecule has 3 rings (SSSR count). The second-order valence-electron chi connectivity index (χ2n) is 5.68. The topological polar surface area (TPSA) is 84.7 Å². The van der Waals surface area contributed by atoms with Gasteiger partial charge in [-0.15, -0.1) is 0 Å². The number of rotatable bonds is 7. The first-order chi connectivity index (χ1) is 12.7. The minimum absolute atomic E-state index is 0.113. The zero-order chi connectivity index (χ0) is 18.4. The summed E-state index contributed by atoms with van der Waals surface area (Å²) in [7, 11) is 1.55. The molecule has 7 heteroatoms. The van der Waals surface area contributed by atoms with E-state index in [4.69, 9.17) is 4.74 Å². The van der Waals surface area contributed by atoms with Crippen molar-refractivity contribution in [2.24, 2.45) is 0 Å². The quantitative estimate of drug-likeness (QED) is 0.706. The molecule has 134 valence electrons. The van der Waals surface area contributed by atoms with Gasteiger partial charge in [-0.3, -0.25) is 9.59 Å². The van der Waals surface area contributed by atoms with Crippen molar-refractivity contribution in [3.8, 4) is 0 Å². The molecule has 0 unspecified atom stereocenters. The van der Waals surface area contributed by atoms with Crippen molar-refractivity contribution in [1.82, 2.24) is 10.1 Å². The number of carbonyl (C=O) groups excluding carboxylic acids is 2. The lowest BCUT2D eigenvalue weighted by molar-refractivity contribution is -0.117. The molecule has 0 aliphatic carbocycles. The molecule has 2 aromatic carbocycles. The van der Waals surface area contributed by atoms with Gasteiger partial charge in [-0.1, -0.05) is 41.6 Å². The van der Waals surface area contributed by atoms with Gasteiger partial charge >= 0.3 is 0 Å². The molecule has 0 aliphatic rings. The van der Waals surface area contributed by atoms with Crippen molar-refractivity contribution >= 4 is 28.4 Å². The molecule has 1 N–H and O–H groups in total. The summed E-state index contributed by atoms with van der Waals surface area (Å²) in [5, 5.41) is 8.04. The van der Waals surface area contributed by atoms with E-state index in [0.717, 1.165) is 10.8 Å². The fourth-order valence-electron chi connectivity index (χ4n) is 2.67. The van der Waals surface area contributed by atoms with Crippen LogP contribution in [0.25, 0.3) is 10.8 Å². The number of aromatic nitrogens is 1. The van der Waals surface area contributed by atoms with Gasteiger partial charge in [-0.05, 0) is 16.8 Å². The molecule has 0 fully saturated rings. The molecule has 26 heavy (non-hydrogen) atoms. The molecule has 1 aromatic heterocycles. The lowest BCUT2D eigenvalue weighted by atomic mass is 10.0. The van der Waals surface area contributed by atoms with Crippen molar-refractivity contribution in [3.05, 3.63) is 60.4 Å². The molecule has 2 amide bonds. The van der Waals surface area contributed by atoms with Gasteiger partial charge in [0.25, 0.3) is 5.91 Å². The molecule has 0 spiro atoms. The molecule has 0 radical (unpaired) electrons. The maximum absolute atomic E-state index is 13.1. The number of ether oxygens (including phenoxy) is 1. The minimum atomic E-state index is -0.358. The second kappa shape index (κ2) is 8.26. The largest absolute Gasteiger partial charge is 0.383 e. The highest BCUT2D eigenvalue weighted by Crippen LogP contribution is 2.20. The van der Waals surface area contributed by atoms with E-state index in [1.165, 1.54) is 17.2 Å². The maximum atomic E-state index is 13.1. The van der Waals surface area contributed by atoms with Crippen molar-refractivity contribution in [1.29, 1.82) is 0 Å². The number of carbonyl (C=O) groups is 2.